The average Bonchev–Trinajstić information content (AvgIpc) is 3.24. The fourth-order valence-corrected chi connectivity index (χ4v) is 4.38. The van der Waals surface area contributed by atoms with E-state index in [1.807, 2.05) is 0 Å². The van der Waals surface area contributed by atoms with Gasteiger partial charge in [-0.3, -0.25) is 9.59 Å². The highest BCUT2D eigenvalue weighted by molar-refractivity contribution is 5.88. The lowest BCUT2D eigenvalue weighted by molar-refractivity contribution is -0.144. The highest BCUT2D eigenvalue weighted by atomic mass is 16.4. The first-order valence-electron chi connectivity index (χ1n) is 8.94. The smallest absolute Gasteiger partial charge is 0.309 e. The van der Waals surface area contributed by atoms with Crippen molar-refractivity contribution in [1.82, 2.24) is 15.5 Å². The lowest BCUT2D eigenvalue weighted by Crippen LogP contribution is -2.55. The third-order valence-corrected chi connectivity index (χ3v) is 5.82. The third kappa shape index (κ3) is 2.89. The highest BCUT2D eigenvalue weighted by Gasteiger charge is 2.51. The van der Waals surface area contributed by atoms with Crippen LogP contribution in [0, 0.1) is 5.92 Å². The van der Waals surface area contributed by atoms with Crippen LogP contribution in [0.5, 0.6) is 0 Å². The van der Waals surface area contributed by atoms with E-state index in [9.17, 15) is 14.7 Å². The van der Waals surface area contributed by atoms with Crippen LogP contribution in [-0.4, -0.2) is 58.9 Å². The molecule has 4 rings (SSSR count). The molecule has 0 bridgehead atoms. The van der Waals surface area contributed by atoms with Crippen LogP contribution >= 0.6 is 0 Å². The molecular weight excluding hydrogens is 322 g/mol. The van der Waals surface area contributed by atoms with Crippen molar-refractivity contribution in [2.75, 3.05) is 36.0 Å². The number of aliphatic carboxylic acids is 1. The van der Waals surface area contributed by atoms with Crippen molar-refractivity contribution in [2.24, 2.45) is 5.92 Å². The number of hydrogen-bond acceptors (Lipinski definition) is 6. The molecule has 134 valence electrons. The van der Waals surface area contributed by atoms with Gasteiger partial charge in [0.25, 0.3) is 0 Å². The Bertz CT molecular complexity index is 681. The number of amides is 1. The van der Waals surface area contributed by atoms with Crippen LogP contribution in [0.4, 0.5) is 11.5 Å². The van der Waals surface area contributed by atoms with Gasteiger partial charge in [-0.25, -0.2) is 0 Å². The number of anilines is 2. The number of rotatable bonds is 3. The van der Waals surface area contributed by atoms with Crippen LogP contribution in [0.15, 0.2) is 12.3 Å². The minimum atomic E-state index is -0.886. The van der Waals surface area contributed by atoms with Gasteiger partial charge in [0.2, 0.25) is 5.91 Å². The van der Waals surface area contributed by atoms with E-state index >= 15 is 0 Å². The average molecular weight is 345 g/mol. The third-order valence-electron chi connectivity index (χ3n) is 5.82. The summed E-state index contributed by atoms with van der Waals surface area (Å²) in [6.45, 7) is 3.45. The molecule has 3 aliphatic heterocycles. The van der Waals surface area contributed by atoms with Crippen LogP contribution < -0.4 is 15.1 Å². The molecule has 3 aliphatic rings. The summed E-state index contributed by atoms with van der Waals surface area (Å²) in [4.78, 5) is 27.7. The van der Waals surface area contributed by atoms with Gasteiger partial charge in [-0.2, -0.15) is 5.10 Å². The molecule has 0 radical (unpaired) electrons. The second-order valence-electron chi connectivity index (χ2n) is 7.25. The van der Waals surface area contributed by atoms with E-state index in [4.69, 9.17) is 0 Å². The first-order chi connectivity index (χ1) is 12.1. The number of hydrogen-bond donors (Lipinski definition) is 2. The molecule has 0 aliphatic carbocycles. The van der Waals surface area contributed by atoms with Gasteiger partial charge in [0.1, 0.15) is 0 Å². The van der Waals surface area contributed by atoms with Crippen LogP contribution in [0.25, 0.3) is 0 Å². The molecule has 0 saturated carbocycles. The van der Waals surface area contributed by atoms with Crippen LogP contribution in [-0.2, 0) is 9.59 Å². The summed E-state index contributed by atoms with van der Waals surface area (Å²) >= 11 is 0. The summed E-state index contributed by atoms with van der Waals surface area (Å²) < 4.78 is 0. The lowest BCUT2D eigenvalue weighted by atomic mass is 9.78. The van der Waals surface area contributed by atoms with E-state index < -0.39 is 17.4 Å². The minimum Gasteiger partial charge on any atom is -0.481 e. The van der Waals surface area contributed by atoms with Crippen molar-refractivity contribution in [2.45, 2.75) is 37.6 Å². The van der Waals surface area contributed by atoms with Gasteiger partial charge in [0.05, 0.1) is 23.3 Å². The van der Waals surface area contributed by atoms with E-state index in [0.717, 1.165) is 24.6 Å². The molecule has 3 saturated heterocycles. The summed E-state index contributed by atoms with van der Waals surface area (Å²) in [6, 6.07) is 2.07. The number of carbonyl (C=O) groups is 2. The van der Waals surface area contributed by atoms with Gasteiger partial charge < -0.3 is 20.2 Å². The number of nitrogens with zero attached hydrogens (tertiary/aromatic N) is 4. The molecule has 4 heterocycles. The van der Waals surface area contributed by atoms with Gasteiger partial charge in [0.15, 0.2) is 5.82 Å². The maximum Gasteiger partial charge on any atom is 0.309 e. The maximum atomic E-state index is 11.8. The predicted octanol–water partition coefficient (Wildman–Crippen LogP) is 0.637. The van der Waals surface area contributed by atoms with Crippen LogP contribution in [0.2, 0.25) is 0 Å². The summed E-state index contributed by atoms with van der Waals surface area (Å²) in [6.07, 6.45) is 5.54. The first kappa shape index (κ1) is 16.1. The summed E-state index contributed by atoms with van der Waals surface area (Å²) in [7, 11) is 0. The zero-order chi connectivity index (χ0) is 17.4. The molecule has 25 heavy (non-hydrogen) atoms. The Kier molecular flexibility index (Phi) is 3.97. The lowest BCUT2D eigenvalue weighted by Gasteiger charge is -2.41. The van der Waals surface area contributed by atoms with Crippen LogP contribution in [0.1, 0.15) is 32.1 Å². The molecule has 0 aromatic carbocycles. The molecule has 1 spiro atoms. The van der Waals surface area contributed by atoms with Crippen molar-refractivity contribution < 1.29 is 14.7 Å². The number of nitrogens with one attached hydrogen (secondary N) is 1. The van der Waals surface area contributed by atoms with Gasteiger partial charge in [-0.15, -0.1) is 5.10 Å². The summed E-state index contributed by atoms with van der Waals surface area (Å²) in [5, 5.41) is 20.8. The van der Waals surface area contributed by atoms with E-state index in [1.54, 1.807) is 6.20 Å². The standard InChI is InChI=1S/C17H23N5O3/c23-15-10-13(16(24)25)17(19-15)3-7-22(8-4-17)14-9-12(11-18-20-14)21-5-1-2-6-21/h9,11,13H,1-8,10H2,(H,19,23)(H,24,25). The number of piperidine rings is 1. The minimum absolute atomic E-state index is 0.0829. The quantitative estimate of drug-likeness (QED) is 0.829. The van der Waals surface area contributed by atoms with Crippen molar-refractivity contribution in [3.8, 4) is 0 Å². The molecule has 8 heteroatoms. The maximum absolute atomic E-state index is 11.8. The van der Waals surface area contributed by atoms with Crippen LogP contribution in [0.3, 0.4) is 0 Å². The predicted molar refractivity (Wildman–Crippen MR) is 91.5 cm³/mol. The number of carboxylic acids is 1. The van der Waals surface area contributed by atoms with E-state index in [0.29, 0.717) is 25.9 Å². The van der Waals surface area contributed by atoms with Crippen molar-refractivity contribution in [3.05, 3.63) is 12.3 Å². The Morgan fingerprint density at radius 2 is 1.92 bits per heavy atom. The second-order valence-corrected chi connectivity index (χ2v) is 7.25. The topological polar surface area (TPSA) is 98.7 Å². The Morgan fingerprint density at radius 3 is 2.60 bits per heavy atom. The van der Waals surface area contributed by atoms with Gasteiger partial charge in [-0.05, 0) is 25.7 Å². The number of carbonyl (C=O) groups excluding carboxylic acids is 1. The highest BCUT2D eigenvalue weighted by Crippen LogP contribution is 2.38. The Morgan fingerprint density at radius 1 is 1.20 bits per heavy atom. The zero-order valence-electron chi connectivity index (χ0n) is 14.1. The van der Waals surface area contributed by atoms with Gasteiger partial charge >= 0.3 is 5.97 Å². The van der Waals surface area contributed by atoms with Crippen molar-refractivity contribution in [3.63, 3.8) is 0 Å². The Hall–Kier alpha value is -2.38. The SMILES string of the molecule is O=C1CC(C(=O)O)C2(CCN(c3cc(N4CCCC4)cnn3)CC2)N1. The molecule has 3 fully saturated rings. The molecule has 1 atom stereocenters. The fourth-order valence-electron chi connectivity index (χ4n) is 4.38. The summed E-state index contributed by atoms with van der Waals surface area (Å²) in [5.41, 5.74) is 0.486. The number of carboxylic acid groups (broad SMARTS) is 1. The van der Waals surface area contributed by atoms with E-state index in [2.05, 4.69) is 31.4 Å². The molecular formula is C17H23N5O3. The van der Waals surface area contributed by atoms with E-state index in [1.165, 1.54) is 12.8 Å². The van der Waals surface area contributed by atoms with Gasteiger partial charge in [-0.1, -0.05) is 0 Å². The van der Waals surface area contributed by atoms with Gasteiger partial charge in [0, 0.05) is 38.7 Å². The number of aromatic nitrogens is 2. The first-order valence-corrected chi connectivity index (χ1v) is 8.94. The van der Waals surface area contributed by atoms with Crippen molar-refractivity contribution in [1.29, 1.82) is 0 Å². The second kappa shape index (κ2) is 6.16. The molecule has 1 aromatic heterocycles. The normalized spacial score (nSPS) is 25.4. The largest absolute Gasteiger partial charge is 0.481 e. The molecule has 1 unspecified atom stereocenters. The molecule has 1 aromatic rings. The van der Waals surface area contributed by atoms with E-state index in [-0.39, 0.29) is 12.3 Å². The summed E-state index contributed by atoms with van der Waals surface area (Å²) in [5.74, 6) is -0.848. The Balaban J connectivity index is 1.48. The zero-order valence-corrected chi connectivity index (χ0v) is 14.1. The fraction of sp³-hybridized carbons (Fsp3) is 0.647. The molecule has 2 N–H and O–H groups in total. The van der Waals surface area contributed by atoms with Crippen molar-refractivity contribution >= 4 is 23.4 Å². The monoisotopic (exact) mass is 345 g/mol. The Labute approximate surface area is 146 Å². The molecule has 1 amide bonds. The molecule has 8 nitrogen and oxygen atoms in total.